The number of rotatable bonds is 4. The molecule has 2 aliphatic rings. The average molecular weight is 467 g/mol. The highest BCUT2D eigenvalue weighted by Crippen LogP contribution is 2.33. The molecule has 0 unspecified atom stereocenters. The minimum Gasteiger partial charge on any atom is -0.329 e. The highest BCUT2D eigenvalue weighted by molar-refractivity contribution is 7.89. The van der Waals surface area contributed by atoms with Crippen LogP contribution >= 0.6 is 0 Å². The molecule has 2 aromatic carbocycles. The molecule has 0 saturated carbocycles. The summed E-state index contributed by atoms with van der Waals surface area (Å²) in [5, 5.41) is 2.46. The van der Waals surface area contributed by atoms with Crippen molar-refractivity contribution in [3.63, 3.8) is 0 Å². The standard InChI is InChI=1S/C21H20F3N3O4S/c22-21(23,24)16-3-1-2-15(12-16)14-4-6-18(7-5-14)32(30,31)26-10-8-17(9-11-26)27-19(28)13-25-20(27)29/h1-7,12,17H,8-11,13H2,(H,25,29). The van der Waals surface area contributed by atoms with Gasteiger partial charge in [0.15, 0.2) is 0 Å². The quantitative estimate of drug-likeness (QED) is 0.701. The summed E-state index contributed by atoms with van der Waals surface area (Å²) in [6.07, 6.45) is -3.80. The van der Waals surface area contributed by atoms with Crippen molar-refractivity contribution in [2.24, 2.45) is 0 Å². The zero-order chi connectivity index (χ0) is 23.1. The minimum atomic E-state index is -4.47. The molecule has 170 valence electrons. The van der Waals surface area contributed by atoms with Gasteiger partial charge < -0.3 is 5.32 Å². The molecule has 2 aliphatic heterocycles. The highest BCUT2D eigenvalue weighted by atomic mass is 32.2. The van der Waals surface area contributed by atoms with Gasteiger partial charge in [-0.15, -0.1) is 0 Å². The fourth-order valence-corrected chi connectivity index (χ4v) is 5.46. The van der Waals surface area contributed by atoms with Crippen LogP contribution in [-0.4, -0.2) is 55.2 Å². The van der Waals surface area contributed by atoms with Crippen LogP contribution in [0, 0.1) is 0 Å². The number of amides is 3. The Kier molecular flexibility index (Phi) is 5.72. The molecule has 32 heavy (non-hydrogen) atoms. The van der Waals surface area contributed by atoms with Crippen molar-refractivity contribution in [3.05, 3.63) is 54.1 Å². The van der Waals surface area contributed by atoms with Gasteiger partial charge in [0.1, 0.15) is 0 Å². The third-order valence-corrected chi connectivity index (χ3v) is 7.60. The van der Waals surface area contributed by atoms with Crippen LogP contribution in [0.5, 0.6) is 0 Å². The van der Waals surface area contributed by atoms with E-state index in [1.165, 1.54) is 40.7 Å². The fourth-order valence-electron chi connectivity index (χ4n) is 3.99. The molecule has 7 nitrogen and oxygen atoms in total. The Bertz CT molecular complexity index is 1130. The van der Waals surface area contributed by atoms with Crippen LogP contribution in [0.15, 0.2) is 53.4 Å². The van der Waals surface area contributed by atoms with Crippen molar-refractivity contribution in [3.8, 4) is 11.1 Å². The lowest BCUT2D eigenvalue weighted by Gasteiger charge is -2.34. The van der Waals surface area contributed by atoms with Crippen LogP contribution in [0.4, 0.5) is 18.0 Å². The van der Waals surface area contributed by atoms with Gasteiger partial charge in [0.25, 0.3) is 0 Å². The summed E-state index contributed by atoms with van der Waals surface area (Å²) in [7, 11) is -3.82. The first kappa shape index (κ1) is 22.3. The summed E-state index contributed by atoms with van der Waals surface area (Å²) in [6, 6.07) is 9.71. The number of imide groups is 1. The van der Waals surface area contributed by atoms with Crippen molar-refractivity contribution in [1.82, 2.24) is 14.5 Å². The smallest absolute Gasteiger partial charge is 0.329 e. The maximum absolute atomic E-state index is 13.0. The second-order valence-electron chi connectivity index (χ2n) is 7.66. The number of nitrogens with one attached hydrogen (secondary N) is 1. The van der Waals surface area contributed by atoms with E-state index in [-0.39, 0.29) is 36.5 Å². The summed E-state index contributed by atoms with van der Waals surface area (Å²) < 4.78 is 66.1. The van der Waals surface area contributed by atoms with E-state index in [9.17, 15) is 31.2 Å². The van der Waals surface area contributed by atoms with Gasteiger partial charge in [0, 0.05) is 19.1 Å². The van der Waals surface area contributed by atoms with Gasteiger partial charge >= 0.3 is 12.2 Å². The van der Waals surface area contributed by atoms with Gasteiger partial charge in [-0.2, -0.15) is 17.5 Å². The molecule has 0 spiro atoms. The van der Waals surface area contributed by atoms with Gasteiger partial charge in [-0.1, -0.05) is 24.3 Å². The predicted molar refractivity (Wildman–Crippen MR) is 109 cm³/mol. The number of sulfonamides is 1. The number of halogens is 3. The number of piperidine rings is 1. The van der Waals surface area contributed by atoms with Crippen LogP contribution < -0.4 is 5.32 Å². The molecule has 11 heteroatoms. The largest absolute Gasteiger partial charge is 0.416 e. The van der Waals surface area contributed by atoms with Crippen LogP contribution in [0.1, 0.15) is 18.4 Å². The summed E-state index contributed by atoms with van der Waals surface area (Å²) in [5.41, 5.74) is 0.0187. The molecule has 0 bridgehead atoms. The Morgan fingerprint density at radius 1 is 0.938 bits per heavy atom. The Labute approximate surface area is 182 Å². The second-order valence-corrected chi connectivity index (χ2v) is 9.60. The molecule has 1 N–H and O–H groups in total. The van der Waals surface area contributed by atoms with E-state index >= 15 is 0 Å². The molecular weight excluding hydrogens is 447 g/mol. The lowest BCUT2D eigenvalue weighted by molar-refractivity contribution is -0.137. The number of alkyl halides is 3. The van der Waals surface area contributed by atoms with E-state index in [0.29, 0.717) is 24.0 Å². The molecular formula is C21H20F3N3O4S. The zero-order valence-corrected chi connectivity index (χ0v) is 17.6. The number of urea groups is 1. The fraction of sp³-hybridized carbons (Fsp3) is 0.333. The highest BCUT2D eigenvalue weighted by Gasteiger charge is 2.38. The van der Waals surface area contributed by atoms with Gasteiger partial charge in [0.05, 0.1) is 17.0 Å². The molecule has 3 amide bonds. The Morgan fingerprint density at radius 3 is 2.16 bits per heavy atom. The monoisotopic (exact) mass is 467 g/mol. The maximum Gasteiger partial charge on any atom is 0.416 e. The van der Waals surface area contributed by atoms with Crippen molar-refractivity contribution in [2.75, 3.05) is 19.6 Å². The van der Waals surface area contributed by atoms with Crippen molar-refractivity contribution in [2.45, 2.75) is 30.0 Å². The third kappa shape index (κ3) is 4.22. The van der Waals surface area contributed by atoms with Crippen LogP contribution in [0.25, 0.3) is 11.1 Å². The van der Waals surface area contributed by atoms with E-state index in [0.717, 1.165) is 17.0 Å². The first-order valence-electron chi connectivity index (χ1n) is 9.95. The average Bonchev–Trinajstić information content (AvgIpc) is 3.11. The third-order valence-electron chi connectivity index (χ3n) is 5.68. The summed E-state index contributed by atoms with van der Waals surface area (Å²) >= 11 is 0. The summed E-state index contributed by atoms with van der Waals surface area (Å²) in [5.74, 6) is -0.318. The molecule has 0 aromatic heterocycles. The number of hydrogen-bond acceptors (Lipinski definition) is 4. The number of hydrogen-bond donors (Lipinski definition) is 1. The number of carbonyl (C=O) groups excluding carboxylic acids is 2. The molecule has 2 saturated heterocycles. The Balaban J connectivity index is 1.47. The van der Waals surface area contributed by atoms with E-state index in [1.807, 2.05) is 0 Å². The van der Waals surface area contributed by atoms with Crippen LogP contribution in [-0.2, 0) is 21.0 Å². The Morgan fingerprint density at radius 2 is 1.59 bits per heavy atom. The van der Waals surface area contributed by atoms with Gasteiger partial charge in [-0.05, 0) is 48.2 Å². The Hall–Kier alpha value is -2.92. The lowest BCUT2D eigenvalue weighted by atomic mass is 10.0. The first-order chi connectivity index (χ1) is 15.1. The maximum atomic E-state index is 13.0. The lowest BCUT2D eigenvalue weighted by Crippen LogP contribution is -2.48. The first-order valence-corrected chi connectivity index (χ1v) is 11.4. The molecule has 0 atom stereocenters. The molecule has 4 rings (SSSR count). The topological polar surface area (TPSA) is 86.8 Å². The molecule has 0 aliphatic carbocycles. The van der Waals surface area contributed by atoms with Gasteiger partial charge in [0.2, 0.25) is 15.9 Å². The minimum absolute atomic E-state index is 0.0293. The van der Waals surface area contributed by atoms with E-state index in [4.69, 9.17) is 0 Å². The zero-order valence-electron chi connectivity index (χ0n) is 16.8. The second kappa shape index (κ2) is 8.21. The number of carbonyl (C=O) groups is 2. The van der Waals surface area contributed by atoms with Crippen molar-refractivity contribution < 1.29 is 31.2 Å². The van der Waals surface area contributed by atoms with E-state index in [1.54, 1.807) is 0 Å². The number of benzene rings is 2. The van der Waals surface area contributed by atoms with E-state index < -0.39 is 27.8 Å². The normalized spacial score (nSPS) is 18.8. The van der Waals surface area contributed by atoms with Crippen LogP contribution in [0.3, 0.4) is 0 Å². The van der Waals surface area contributed by atoms with Gasteiger partial charge in [-0.3, -0.25) is 9.69 Å². The van der Waals surface area contributed by atoms with Crippen molar-refractivity contribution >= 4 is 22.0 Å². The van der Waals surface area contributed by atoms with Gasteiger partial charge in [-0.25, -0.2) is 13.2 Å². The SMILES string of the molecule is O=C1CNC(=O)N1C1CCN(S(=O)(=O)c2ccc(-c3cccc(C(F)(F)F)c3)cc2)CC1. The van der Waals surface area contributed by atoms with E-state index in [2.05, 4.69) is 5.32 Å². The molecule has 2 aromatic rings. The van der Waals surface area contributed by atoms with Crippen molar-refractivity contribution in [1.29, 1.82) is 0 Å². The summed E-state index contributed by atoms with van der Waals surface area (Å²) in [4.78, 5) is 24.9. The van der Waals surface area contributed by atoms with Crippen LogP contribution in [0.2, 0.25) is 0 Å². The molecule has 0 radical (unpaired) electrons. The predicted octanol–water partition coefficient (Wildman–Crippen LogP) is 3.08. The summed E-state index contributed by atoms with van der Waals surface area (Å²) in [6.45, 7) is 0.258. The number of nitrogens with zero attached hydrogens (tertiary/aromatic N) is 2. The molecule has 2 heterocycles. The molecule has 2 fully saturated rings.